The molecule has 0 spiro atoms. The van der Waals surface area contributed by atoms with Crippen LogP contribution in [0.5, 0.6) is 17.2 Å². The molecule has 1 fully saturated rings. The van der Waals surface area contributed by atoms with Gasteiger partial charge in [-0.2, -0.15) is 18.2 Å². The van der Waals surface area contributed by atoms with E-state index in [0.717, 1.165) is 12.1 Å². The minimum Gasteiger partial charge on any atom is -0.493 e. The molecule has 3 N–H and O–H groups in total. The first-order valence-electron chi connectivity index (χ1n) is 12.2. The molecule has 210 valence electrons. The van der Waals surface area contributed by atoms with Gasteiger partial charge >= 0.3 is 6.18 Å². The third kappa shape index (κ3) is 4.99. The number of imidazole rings is 1. The molecule has 11 nitrogen and oxygen atoms in total. The van der Waals surface area contributed by atoms with Crippen LogP contribution in [-0.4, -0.2) is 59.3 Å². The molecule has 1 saturated heterocycles. The van der Waals surface area contributed by atoms with Crippen LogP contribution in [0, 0.1) is 0 Å². The number of hydrogen-bond acceptors (Lipinski definition) is 9. The number of fused-ring (bicyclic) bond motifs is 1. The highest BCUT2D eigenvalue weighted by Crippen LogP contribution is 2.40. The number of hydrogen-bond donors (Lipinski definition) is 2. The molecule has 1 amide bonds. The molecule has 0 radical (unpaired) electrons. The molecular formula is C26H26F3N7O4. The van der Waals surface area contributed by atoms with E-state index < -0.39 is 23.7 Å². The normalized spacial score (nSPS) is 15.3. The molecule has 14 heteroatoms. The predicted octanol–water partition coefficient (Wildman–Crippen LogP) is 4.06. The molecular weight excluding hydrogens is 531 g/mol. The summed E-state index contributed by atoms with van der Waals surface area (Å²) in [6.45, 7) is 0.438. The van der Waals surface area contributed by atoms with Crippen molar-refractivity contribution in [2.45, 2.75) is 25.1 Å². The van der Waals surface area contributed by atoms with Crippen LogP contribution in [0.1, 0.15) is 18.4 Å². The van der Waals surface area contributed by atoms with Crippen molar-refractivity contribution >= 4 is 34.4 Å². The number of nitrogens with zero attached hydrogens (tertiary/aromatic N) is 5. The monoisotopic (exact) mass is 557 g/mol. The van der Waals surface area contributed by atoms with Gasteiger partial charge in [-0.05, 0) is 31.0 Å². The Labute approximate surface area is 226 Å². The Bertz CT molecular complexity index is 1550. The second-order valence-electron chi connectivity index (χ2n) is 9.03. The summed E-state index contributed by atoms with van der Waals surface area (Å²) in [7, 11) is 4.52. The highest BCUT2D eigenvalue weighted by Gasteiger charge is 2.33. The van der Waals surface area contributed by atoms with Crippen molar-refractivity contribution in [2.24, 2.45) is 5.73 Å². The zero-order valence-electron chi connectivity index (χ0n) is 21.8. The molecule has 0 saturated carbocycles. The zero-order chi connectivity index (χ0) is 28.6. The van der Waals surface area contributed by atoms with Crippen LogP contribution in [0.3, 0.4) is 0 Å². The van der Waals surface area contributed by atoms with E-state index in [1.54, 1.807) is 34.1 Å². The molecule has 5 rings (SSSR count). The fraction of sp³-hybridized carbons (Fsp3) is 0.308. The number of amides is 1. The largest absolute Gasteiger partial charge is 0.493 e. The first-order valence-corrected chi connectivity index (χ1v) is 12.2. The van der Waals surface area contributed by atoms with Gasteiger partial charge in [-0.3, -0.25) is 4.79 Å². The van der Waals surface area contributed by atoms with E-state index in [4.69, 9.17) is 19.9 Å². The van der Waals surface area contributed by atoms with Crippen LogP contribution in [0.25, 0.3) is 16.6 Å². The second-order valence-corrected chi connectivity index (χ2v) is 9.03. The van der Waals surface area contributed by atoms with Gasteiger partial charge in [0.2, 0.25) is 17.6 Å². The summed E-state index contributed by atoms with van der Waals surface area (Å²) in [6.07, 6.45) is -0.185. The van der Waals surface area contributed by atoms with Gasteiger partial charge in [-0.1, -0.05) is 0 Å². The lowest BCUT2D eigenvalue weighted by Crippen LogP contribution is -2.41. The minimum atomic E-state index is -4.56. The Morgan fingerprint density at radius 3 is 2.42 bits per heavy atom. The number of nitrogens with one attached hydrogen (secondary N) is 1. The lowest BCUT2D eigenvalue weighted by Gasteiger charge is -2.23. The maximum absolute atomic E-state index is 13.5. The van der Waals surface area contributed by atoms with E-state index in [1.165, 1.54) is 27.4 Å². The molecule has 0 bridgehead atoms. The average molecular weight is 558 g/mol. The molecule has 1 atom stereocenters. The zero-order valence-corrected chi connectivity index (χ0v) is 21.8. The van der Waals surface area contributed by atoms with Crippen LogP contribution >= 0.6 is 0 Å². The number of carbonyl (C=O) groups excluding carboxylic acids is 1. The van der Waals surface area contributed by atoms with Crippen molar-refractivity contribution in [2.75, 3.05) is 38.1 Å². The van der Waals surface area contributed by atoms with Gasteiger partial charge in [0.15, 0.2) is 11.5 Å². The number of methoxy groups -OCH3 is 3. The van der Waals surface area contributed by atoms with Crippen molar-refractivity contribution in [3.05, 3.63) is 48.4 Å². The summed E-state index contributed by atoms with van der Waals surface area (Å²) < 4.78 is 58.4. The van der Waals surface area contributed by atoms with Crippen molar-refractivity contribution < 1.29 is 32.2 Å². The fourth-order valence-electron chi connectivity index (χ4n) is 4.69. The lowest BCUT2D eigenvalue weighted by atomic mass is 10.1. The van der Waals surface area contributed by atoms with Gasteiger partial charge in [0, 0.05) is 24.1 Å². The SMILES string of the molecule is COc1cc(-n2cnc(Nc3nc(N4CCCC4C(N)=O)nc4cc(C(F)(F)F)ccc34)c2)cc(OC)c1OC. The molecule has 2 aromatic carbocycles. The standard InChI is InChI=1S/C26H26F3N7O4/c1-38-19-10-15(11-20(39-2)22(19)40-3)35-12-21(31-13-35)33-24-16-7-6-14(26(27,28)29)9-17(16)32-25(34-24)36-8-4-5-18(36)23(30)37/h6-7,9-13,18H,4-5,8H2,1-3H3,(H2,30,37)(H,32,33,34). The van der Waals surface area contributed by atoms with E-state index in [0.29, 0.717) is 53.5 Å². The summed E-state index contributed by atoms with van der Waals surface area (Å²) in [5.74, 6) is 1.44. The number of halogens is 3. The number of rotatable bonds is 8. The lowest BCUT2D eigenvalue weighted by molar-refractivity contribution is -0.137. The average Bonchev–Trinajstić information content (AvgIpc) is 3.61. The highest BCUT2D eigenvalue weighted by atomic mass is 19.4. The number of ether oxygens (including phenoxy) is 3. The second kappa shape index (κ2) is 10.4. The molecule has 2 aromatic heterocycles. The molecule has 4 aromatic rings. The molecule has 3 heterocycles. The molecule has 1 aliphatic heterocycles. The van der Waals surface area contributed by atoms with E-state index in [2.05, 4.69) is 20.3 Å². The van der Waals surface area contributed by atoms with E-state index in [9.17, 15) is 18.0 Å². The first-order chi connectivity index (χ1) is 19.1. The van der Waals surface area contributed by atoms with Gasteiger partial charge in [0.25, 0.3) is 0 Å². The molecule has 40 heavy (non-hydrogen) atoms. The van der Waals surface area contributed by atoms with Gasteiger partial charge in [-0.15, -0.1) is 0 Å². The highest BCUT2D eigenvalue weighted by molar-refractivity contribution is 5.92. The fourth-order valence-corrected chi connectivity index (χ4v) is 4.69. The Hall–Kier alpha value is -4.75. The smallest absolute Gasteiger partial charge is 0.416 e. The van der Waals surface area contributed by atoms with Crippen LogP contribution in [0.2, 0.25) is 0 Å². The van der Waals surface area contributed by atoms with Crippen LogP contribution in [0.15, 0.2) is 42.9 Å². The van der Waals surface area contributed by atoms with Crippen LogP contribution in [0.4, 0.5) is 30.8 Å². The van der Waals surface area contributed by atoms with Gasteiger partial charge < -0.3 is 34.7 Å². The number of nitrogens with two attached hydrogens (primary N) is 1. The Morgan fingerprint density at radius 2 is 1.80 bits per heavy atom. The molecule has 1 unspecified atom stereocenters. The van der Waals surface area contributed by atoms with Crippen molar-refractivity contribution in [3.63, 3.8) is 0 Å². The summed E-state index contributed by atoms with van der Waals surface area (Å²) in [5, 5.41) is 3.43. The van der Waals surface area contributed by atoms with Crippen molar-refractivity contribution in [3.8, 4) is 22.9 Å². The topological polar surface area (TPSA) is 130 Å². The molecule has 0 aliphatic carbocycles. The van der Waals surface area contributed by atoms with E-state index in [-0.39, 0.29) is 17.3 Å². The third-order valence-electron chi connectivity index (χ3n) is 6.63. The number of anilines is 3. The molecule has 1 aliphatic rings. The first kappa shape index (κ1) is 26.8. The Kier molecular flexibility index (Phi) is 7.00. The third-order valence-corrected chi connectivity index (χ3v) is 6.63. The van der Waals surface area contributed by atoms with Gasteiger partial charge in [0.1, 0.15) is 24.0 Å². The Morgan fingerprint density at radius 1 is 1.07 bits per heavy atom. The number of primary amides is 1. The summed E-state index contributed by atoms with van der Waals surface area (Å²) in [4.78, 5) is 26.9. The van der Waals surface area contributed by atoms with Crippen LogP contribution < -0.4 is 30.2 Å². The Balaban J connectivity index is 1.56. The maximum atomic E-state index is 13.5. The van der Waals surface area contributed by atoms with Crippen LogP contribution in [-0.2, 0) is 11.0 Å². The van der Waals surface area contributed by atoms with Gasteiger partial charge in [0.05, 0.1) is 44.3 Å². The van der Waals surface area contributed by atoms with Crippen molar-refractivity contribution in [1.29, 1.82) is 0 Å². The van der Waals surface area contributed by atoms with E-state index >= 15 is 0 Å². The van der Waals surface area contributed by atoms with Crippen molar-refractivity contribution in [1.82, 2.24) is 19.5 Å². The number of benzene rings is 2. The number of carbonyl (C=O) groups is 1. The van der Waals surface area contributed by atoms with Gasteiger partial charge in [-0.25, -0.2) is 9.97 Å². The van der Waals surface area contributed by atoms with E-state index in [1.807, 2.05) is 0 Å². The number of alkyl halides is 3. The summed E-state index contributed by atoms with van der Waals surface area (Å²) in [5.41, 5.74) is 5.42. The minimum absolute atomic E-state index is 0.0569. The maximum Gasteiger partial charge on any atom is 0.416 e. The quantitative estimate of drug-likeness (QED) is 0.329. The summed E-state index contributed by atoms with van der Waals surface area (Å²) >= 11 is 0. The number of aromatic nitrogens is 4. The predicted molar refractivity (Wildman–Crippen MR) is 141 cm³/mol. The summed E-state index contributed by atoms with van der Waals surface area (Å²) in [6, 6.07) is 6.04.